The number of halogens is 2. The van der Waals surface area contributed by atoms with Crippen molar-refractivity contribution in [2.45, 2.75) is 19.4 Å². The van der Waals surface area contributed by atoms with Crippen LogP contribution in [-0.2, 0) is 6.42 Å². The molecule has 106 valence electrons. The largest absolute Gasteiger partial charge is 0.494 e. The SMILES string of the molecule is COc1cccc(CC(N)c2ccc(C)cc2Cl)c1F. The quantitative estimate of drug-likeness (QED) is 0.923. The van der Waals surface area contributed by atoms with Crippen LogP contribution in [-0.4, -0.2) is 7.11 Å². The lowest BCUT2D eigenvalue weighted by Gasteiger charge is -2.15. The number of hydrogen-bond acceptors (Lipinski definition) is 2. The van der Waals surface area contributed by atoms with Crippen LogP contribution in [0.2, 0.25) is 5.02 Å². The molecule has 20 heavy (non-hydrogen) atoms. The van der Waals surface area contributed by atoms with Crippen molar-refractivity contribution in [1.29, 1.82) is 0 Å². The summed E-state index contributed by atoms with van der Waals surface area (Å²) >= 11 is 6.19. The second kappa shape index (κ2) is 6.25. The Bertz CT molecular complexity index is 615. The van der Waals surface area contributed by atoms with Gasteiger partial charge < -0.3 is 10.5 Å². The normalized spacial score (nSPS) is 12.2. The topological polar surface area (TPSA) is 35.2 Å². The first-order valence-electron chi connectivity index (χ1n) is 6.36. The lowest BCUT2D eigenvalue weighted by molar-refractivity contribution is 0.383. The lowest BCUT2D eigenvalue weighted by Crippen LogP contribution is -2.15. The van der Waals surface area contributed by atoms with E-state index in [1.165, 1.54) is 7.11 Å². The molecule has 1 unspecified atom stereocenters. The Balaban J connectivity index is 2.25. The molecule has 2 rings (SSSR count). The van der Waals surface area contributed by atoms with E-state index in [-0.39, 0.29) is 17.6 Å². The molecule has 4 heteroatoms. The first-order valence-corrected chi connectivity index (χ1v) is 6.73. The highest BCUT2D eigenvalue weighted by Gasteiger charge is 2.15. The van der Waals surface area contributed by atoms with Gasteiger partial charge in [0, 0.05) is 11.1 Å². The summed E-state index contributed by atoms with van der Waals surface area (Å²) in [7, 11) is 1.44. The van der Waals surface area contributed by atoms with Gasteiger partial charge in [-0.15, -0.1) is 0 Å². The van der Waals surface area contributed by atoms with Crippen molar-refractivity contribution in [1.82, 2.24) is 0 Å². The van der Waals surface area contributed by atoms with E-state index < -0.39 is 0 Å². The maximum absolute atomic E-state index is 14.1. The molecule has 0 aliphatic rings. The third-order valence-electron chi connectivity index (χ3n) is 3.26. The monoisotopic (exact) mass is 293 g/mol. The van der Waals surface area contributed by atoms with Gasteiger partial charge in [-0.05, 0) is 42.2 Å². The van der Waals surface area contributed by atoms with E-state index in [1.807, 2.05) is 25.1 Å². The molecule has 2 aromatic carbocycles. The van der Waals surface area contributed by atoms with E-state index >= 15 is 0 Å². The van der Waals surface area contributed by atoms with E-state index in [1.54, 1.807) is 18.2 Å². The molecule has 1 atom stereocenters. The Morgan fingerprint density at radius 2 is 2.05 bits per heavy atom. The minimum absolute atomic E-state index is 0.227. The van der Waals surface area contributed by atoms with Crippen LogP contribution in [0.25, 0.3) is 0 Å². The fourth-order valence-corrected chi connectivity index (χ4v) is 2.53. The van der Waals surface area contributed by atoms with Crippen LogP contribution in [0.3, 0.4) is 0 Å². The molecule has 0 aliphatic carbocycles. The van der Waals surface area contributed by atoms with Gasteiger partial charge in [0.15, 0.2) is 11.6 Å². The zero-order valence-electron chi connectivity index (χ0n) is 11.5. The van der Waals surface area contributed by atoms with E-state index in [0.717, 1.165) is 11.1 Å². The maximum Gasteiger partial charge on any atom is 0.168 e. The number of nitrogens with two attached hydrogens (primary N) is 1. The smallest absolute Gasteiger partial charge is 0.168 e. The summed E-state index contributed by atoms with van der Waals surface area (Å²) in [5, 5.41) is 0.612. The van der Waals surface area contributed by atoms with Crippen molar-refractivity contribution >= 4 is 11.6 Å². The molecule has 0 heterocycles. The van der Waals surface area contributed by atoms with E-state index in [0.29, 0.717) is 17.0 Å². The van der Waals surface area contributed by atoms with Gasteiger partial charge in [-0.2, -0.15) is 0 Å². The van der Waals surface area contributed by atoms with E-state index in [2.05, 4.69) is 0 Å². The Morgan fingerprint density at radius 1 is 1.30 bits per heavy atom. The predicted molar refractivity (Wildman–Crippen MR) is 79.8 cm³/mol. The van der Waals surface area contributed by atoms with Crippen LogP contribution in [0, 0.1) is 12.7 Å². The van der Waals surface area contributed by atoms with Gasteiger partial charge in [0.2, 0.25) is 0 Å². The maximum atomic E-state index is 14.1. The molecule has 0 saturated carbocycles. The molecule has 0 spiro atoms. The van der Waals surface area contributed by atoms with Gasteiger partial charge in [-0.25, -0.2) is 4.39 Å². The molecular weight excluding hydrogens is 277 g/mol. The van der Waals surface area contributed by atoms with Crippen molar-refractivity contribution in [3.8, 4) is 5.75 Å². The number of hydrogen-bond donors (Lipinski definition) is 1. The Labute approximate surface area is 123 Å². The minimum atomic E-state index is -0.367. The van der Waals surface area contributed by atoms with E-state index in [4.69, 9.17) is 22.1 Å². The number of benzene rings is 2. The van der Waals surface area contributed by atoms with Gasteiger partial charge in [0.25, 0.3) is 0 Å². The standard InChI is InChI=1S/C16H17ClFNO/c1-10-6-7-12(13(17)8-10)14(19)9-11-4-3-5-15(20-2)16(11)18/h3-8,14H,9,19H2,1-2H3. The van der Waals surface area contributed by atoms with Crippen LogP contribution in [0.4, 0.5) is 4.39 Å². The predicted octanol–water partition coefficient (Wildman–Crippen LogP) is 4.04. The first kappa shape index (κ1) is 14.8. The summed E-state index contributed by atoms with van der Waals surface area (Å²) in [4.78, 5) is 0. The summed E-state index contributed by atoms with van der Waals surface area (Å²) in [5.74, 6) is -0.140. The second-order valence-electron chi connectivity index (χ2n) is 4.77. The summed E-state index contributed by atoms with van der Waals surface area (Å²) in [6.07, 6.45) is 0.367. The number of methoxy groups -OCH3 is 1. The average Bonchev–Trinajstić information content (AvgIpc) is 2.41. The Morgan fingerprint density at radius 3 is 2.70 bits per heavy atom. The molecule has 0 saturated heterocycles. The summed E-state index contributed by atoms with van der Waals surface area (Å²) in [5.41, 5.74) is 8.56. The lowest BCUT2D eigenvalue weighted by atomic mass is 9.98. The van der Waals surface area contributed by atoms with Crippen molar-refractivity contribution in [3.05, 3.63) is 63.9 Å². The van der Waals surface area contributed by atoms with Crippen LogP contribution < -0.4 is 10.5 Å². The fraction of sp³-hybridized carbons (Fsp3) is 0.250. The van der Waals surface area contributed by atoms with Crippen molar-refractivity contribution in [3.63, 3.8) is 0 Å². The van der Waals surface area contributed by atoms with Gasteiger partial charge in [-0.1, -0.05) is 35.9 Å². The van der Waals surface area contributed by atoms with Gasteiger partial charge in [-0.3, -0.25) is 0 Å². The Kier molecular flexibility index (Phi) is 4.63. The van der Waals surface area contributed by atoms with Crippen molar-refractivity contribution in [2.75, 3.05) is 7.11 Å². The zero-order valence-corrected chi connectivity index (χ0v) is 12.2. The van der Waals surface area contributed by atoms with Gasteiger partial charge in [0.1, 0.15) is 0 Å². The molecule has 2 nitrogen and oxygen atoms in total. The number of ether oxygens (including phenoxy) is 1. The molecule has 0 bridgehead atoms. The molecule has 0 fully saturated rings. The molecule has 2 aromatic rings. The highest BCUT2D eigenvalue weighted by atomic mass is 35.5. The average molecular weight is 294 g/mol. The van der Waals surface area contributed by atoms with Crippen LogP contribution in [0.15, 0.2) is 36.4 Å². The highest BCUT2D eigenvalue weighted by Crippen LogP contribution is 2.28. The molecule has 0 radical (unpaired) electrons. The van der Waals surface area contributed by atoms with Crippen LogP contribution in [0.5, 0.6) is 5.75 Å². The minimum Gasteiger partial charge on any atom is -0.494 e. The fourth-order valence-electron chi connectivity index (χ4n) is 2.15. The molecule has 2 N–H and O–H groups in total. The molecule has 0 aliphatic heterocycles. The number of rotatable bonds is 4. The van der Waals surface area contributed by atoms with Gasteiger partial charge in [0.05, 0.1) is 7.11 Å². The van der Waals surface area contributed by atoms with Crippen LogP contribution >= 0.6 is 11.6 Å². The van der Waals surface area contributed by atoms with Crippen molar-refractivity contribution in [2.24, 2.45) is 5.73 Å². The third-order valence-corrected chi connectivity index (χ3v) is 3.59. The van der Waals surface area contributed by atoms with Gasteiger partial charge >= 0.3 is 0 Å². The highest BCUT2D eigenvalue weighted by molar-refractivity contribution is 6.31. The molecule has 0 amide bonds. The first-order chi connectivity index (χ1) is 9.52. The summed E-state index contributed by atoms with van der Waals surface area (Å²) in [6.45, 7) is 1.96. The van der Waals surface area contributed by atoms with Crippen molar-refractivity contribution < 1.29 is 9.13 Å². The van der Waals surface area contributed by atoms with Crippen LogP contribution in [0.1, 0.15) is 22.7 Å². The molecule has 0 aromatic heterocycles. The van der Waals surface area contributed by atoms with E-state index in [9.17, 15) is 4.39 Å². The summed E-state index contributed by atoms with van der Waals surface area (Å²) in [6, 6.07) is 10.4. The zero-order chi connectivity index (χ0) is 14.7. The second-order valence-corrected chi connectivity index (χ2v) is 5.18. The summed E-state index contributed by atoms with van der Waals surface area (Å²) < 4.78 is 19.1. The number of aryl methyl sites for hydroxylation is 1. The molecular formula is C16H17ClFNO. The Hall–Kier alpha value is -1.58. The third kappa shape index (κ3) is 3.11.